The molecule has 0 unspecified atom stereocenters. The van der Waals surface area contributed by atoms with Crippen LogP contribution in [-0.4, -0.2) is 10.8 Å². The number of hydrogen-bond acceptors (Lipinski definition) is 2. The first-order valence-corrected chi connectivity index (χ1v) is 8.44. The van der Waals surface area contributed by atoms with Gasteiger partial charge in [-0.2, -0.15) is 0 Å². The fourth-order valence-corrected chi connectivity index (χ4v) is 3.16. The van der Waals surface area contributed by atoms with Crippen molar-refractivity contribution in [1.82, 2.24) is 4.98 Å². The van der Waals surface area contributed by atoms with E-state index in [-0.39, 0.29) is 11.6 Å². The highest BCUT2D eigenvalue weighted by Crippen LogP contribution is 2.32. The van der Waals surface area contributed by atoms with E-state index in [1.807, 2.05) is 42.5 Å². The molecule has 0 saturated carbocycles. The standard InChI is InChI=1S/C22H13ClFNO/c23-17-11-19(14-4-2-1-3-5-14)20-10-16(13-25-21(20)12-17)22(26)15-6-8-18(24)9-7-15/h1-13H. The first kappa shape index (κ1) is 16.4. The SMILES string of the molecule is O=C(c1ccc(F)cc1)c1cnc2cc(Cl)cc(-c3ccccc3)c2c1. The van der Waals surface area contributed by atoms with Gasteiger partial charge in [0.25, 0.3) is 0 Å². The van der Waals surface area contributed by atoms with Crippen molar-refractivity contribution in [3.8, 4) is 11.1 Å². The lowest BCUT2D eigenvalue weighted by Gasteiger charge is -2.09. The Hall–Kier alpha value is -3.04. The zero-order valence-electron chi connectivity index (χ0n) is 13.6. The maximum Gasteiger partial charge on any atom is 0.194 e. The molecule has 126 valence electrons. The molecule has 0 fully saturated rings. The third-order valence-electron chi connectivity index (χ3n) is 4.22. The summed E-state index contributed by atoms with van der Waals surface area (Å²) in [6, 6.07) is 20.8. The first-order chi connectivity index (χ1) is 12.6. The van der Waals surface area contributed by atoms with Crippen molar-refractivity contribution in [3.05, 3.63) is 101 Å². The third kappa shape index (κ3) is 3.09. The molecular weight excluding hydrogens is 349 g/mol. The van der Waals surface area contributed by atoms with Gasteiger partial charge in [0.05, 0.1) is 5.52 Å². The number of carbonyl (C=O) groups excluding carboxylic acids is 1. The summed E-state index contributed by atoms with van der Waals surface area (Å²) >= 11 is 6.24. The molecule has 0 N–H and O–H groups in total. The maximum atomic E-state index is 13.1. The van der Waals surface area contributed by atoms with Crippen molar-refractivity contribution in [2.45, 2.75) is 0 Å². The van der Waals surface area contributed by atoms with Crippen LogP contribution in [0, 0.1) is 5.82 Å². The van der Waals surface area contributed by atoms with Crippen LogP contribution in [0.4, 0.5) is 4.39 Å². The largest absolute Gasteiger partial charge is 0.289 e. The molecule has 0 spiro atoms. The Morgan fingerprint density at radius 1 is 0.885 bits per heavy atom. The van der Waals surface area contributed by atoms with Gasteiger partial charge in [0, 0.05) is 27.7 Å². The van der Waals surface area contributed by atoms with Crippen LogP contribution in [0.2, 0.25) is 5.02 Å². The zero-order chi connectivity index (χ0) is 18.1. The summed E-state index contributed by atoms with van der Waals surface area (Å²) in [7, 11) is 0. The Morgan fingerprint density at radius 3 is 2.35 bits per heavy atom. The maximum absolute atomic E-state index is 13.1. The Balaban J connectivity index is 1.87. The minimum atomic E-state index is -0.376. The molecule has 2 nitrogen and oxygen atoms in total. The van der Waals surface area contributed by atoms with Gasteiger partial charge in [0.1, 0.15) is 5.82 Å². The Bertz CT molecular complexity index is 1110. The Labute approximate surface area is 154 Å². The van der Waals surface area contributed by atoms with Gasteiger partial charge >= 0.3 is 0 Å². The highest BCUT2D eigenvalue weighted by atomic mass is 35.5. The number of carbonyl (C=O) groups is 1. The van der Waals surface area contributed by atoms with Gasteiger partial charge in [-0.15, -0.1) is 0 Å². The van der Waals surface area contributed by atoms with Gasteiger partial charge < -0.3 is 0 Å². The Morgan fingerprint density at radius 2 is 1.62 bits per heavy atom. The second-order valence-corrected chi connectivity index (χ2v) is 6.38. The number of halogens is 2. The van der Waals surface area contributed by atoms with Crippen LogP contribution in [-0.2, 0) is 0 Å². The number of aromatic nitrogens is 1. The number of fused-ring (bicyclic) bond motifs is 1. The summed E-state index contributed by atoms with van der Waals surface area (Å²) in [6.07, 6.45) is 1.53. The average molecular weight is 362 g/mol. The predicted octanol–water partition coefficient (Wildman–Crippen LogP) is 5.93. The number of pyridine rings is 1. The van der Waals surface area contributed by atoms with Crippen molar-refractivity contribution in [3.63, 3.8) is 0 Å². The molecule has 3 aromatic carbocycles. The normalized spacial score (nSPS) is 10.8. The van der Waals surface area contributed by atoms with Crippen molar-refractivity contribution in [2.75, 3.05) is 0 Å². The van der Waals surface area contributed by atoms with Gasteiger partial charge in [-0.05, 0) is 53.6 Å². The van der Waals surface area contributed by atoms with E-state index in [1.54, 1.807) is 6.07 Å². The van der Waals surface area contributed by atoms with Gasteiger partial charge in [-0.1, -0.05) is 41.9 Å². The van der Waals surface area contributed by atoms with Gasteiger partial charge in [-0.25, -0.2) is 4.39 Å². The summed E-state index contributed by atoms with van der Waals surface area (Å²) in [4.78, 5) is 17.1. The van der Waals surface area contributed by atoms with Crippen LogP contribution in [0.15, 0.2) is 79.0 Å². The minimum Gasteiger partial charge on any atom is -0.289 e. The lowest BCUT2D eigenvalue weighted by atomic mass is 9.97. The summed E-state index contributed by atoms with van der Waals surface area (Å²) in [5.41, 5.74) is 3.49. The van der Waals surface area contributed by atoms with Gasteiger partial charge in [-0.3, -0.25) is 9.78 Å². The fourth-order valence-electron chi connectivity index (χ4n) is 2.94. The molecule has 0 amide bonds. The minimum absolute atomic E-state index is 0.201. The molecule has 0 aliphatic rings. The van der Waals surface area contributed by atoms with Crippen LogP contribution in [0.1, 0.15) is 15.9 Å². The molecule has 0 radical (unpaired) electrons. The number of nitrogens with zero attached hydrogens (tertiary/aromatic N) is 1. The third-order valence-corrected chi connectivity index (χ3v) is 4.44. The second-order valence-electron chi connectivity index (χ2n) is 5.95. The molecule has 1 aromatic heterocycles. The Kier molecular flexibility index (Phi) is 4.23. The lowest BCUT2D eigenvalue weighted by molar-refractivity contribution is 0.103. The van der Waals surface area contributed by atoms with E-state index in [2.05, 4.69) is 4.98 Å². The lowest BCUT2D eigenvalue weighted by Crippen LogP contribution is -2.02. The molecule has 1 heterocycles. The summed E-state index contributed by atoms with van der Waals surface area (Å²) < 4.78 is 13.1. The van der Waals surface area contributed by atoms with Crippen molar-refractivity contribution in [2.24, 2.45) is 0 Å². The molecule has 26 heavy (non-hydrogen) atoms. The predicted molar refractivity (Wildman–Crippen MR) is 102 cm³/mol. The molecule has 0 aliphatic heterocycles. The molecule has 4 rings (SSSR count). The van der Waals surface area contributed by atoms with E-state index in [0.717, 1.165) is 16.5 Å². The van der Waals surface area contributed by atoms with E-state index in [4.69, 9.17) is 11.6 Å². The summed E-state index contributed by atoms with van der Waals surface area (Å²) in [5, 5.41) is 1.43. The molecule has 4 heteroatoms. The van der Waals surface area contributed by atoms with E-state index in [0.29, 0.717) is 21.7 Å². The molecule has 4 aromatic rings. The van der Waals surface area contributed by atoms with E-state index < -0.39 is 0 Å². The average Bonchev–Trinajstić information content (AvgIpc) is 2.68. The first-order valence-electron chi connectivity index (χ1n) is 8.07. The fraction of sp³-hybridized carbons (Fsp3) is 0. The molecule has 0 atom stereocenters. The molecular formula is C22H13ClFNO. The van der Waals surface area contributed by atoms with Crippen LogP contribution in [0.3, 0.4) is 0 Å². The monoisotopic (exact) mass is 361 g/mol. The zero-order valence-corrected chi connectivity index (χ0v) is 14.4. The van der Waals surface area contributed by atoms with Crippen LogP contribution in [0.5, 0.6) is 0 Å². The second kappa shape index (κ2) is 6.70. The van der Waals surface area contributed by atoms with E-state index >= 15 is 0 Å². The molecule has 0 saturated heterocycles. The van der Waals surface area contributed by atoms with E-state index in [1.165, 1.54) is 30.5 Å². The van der Waals surface area contributed by atoms with Gasteiger partial charge in [0.15, 0.2) is 5.78 Å². The van der Waals surface area contributed by atoms with Crippen LogP contribution in [0.25, 0.3) is 22.0 Å². The topological polar surface area (TPSA) is 30.0 Å². The van der Waals surface area contributed by atoms with Crippen molar-refractivity contribution in [1.29, 1.82) is 0 Å². The van der Waals surface area contributed by atoms with Crippen LogP contribution < -0.4 is 0 Å². The number of benzene rings is 3. The number of rotatable bonds is 3. The quantitative estimate of drug-likeness (QED) is 0.423. The number of ketones is 1. The molecule has 0 aliphatic carbocycles. The van der Waals surface area contributed by atoms with Crippen molar-refractivity contribution < 1.29 is 9.18 Å². The number of hydrogen-bond donors (Lipinski definition) is 0. The summed E-state index contributed by atoms with van der Waals surface area (Å²) in [5.74, 6) is -0.576. The van der Waals surface area contributed by atoms with Crippen molar-refractivity contribution >= 4 is 28.3 Å². The highest BCUT2D eigenvalue weighted by molar-refractivity contribution is 6.32. The highest BCUT2D eigenvalue weighted by Gasteiger charge is 2.13. The smallest absolute Gasteiger partial charge is 0.194 e. The van der Waals surface area contributed by atoms with Crippen LogP contribution >= 0.6 is 11.6 Å². The van der Waals surface area contributed by atoms with E-state index in [9.17, 15) is 9.18 Å². The van der Waals surface area contributed by atoms with Gasteiger partial charge in [0.2, 0.25) is 0 Å². The molecule has 0 bridgehead atoms. The summed E-state index contributed by atoms with van der Waals surface area (Å²) in [6.45, 7) is 0.